The number of aryl methyl sites for hydroxylation is 1. The lowest BCUT2D eigenvalue weighted by Gasteiger charge is -2.29. The largest absolute Gasteiger partial charge is 0.497 e. The molecular weight excluding hydrogens is 498 g/mol. The Bertz CT molecular complexity index is 1610. The molecule has 4 aromatic rings. The van der Waals surface area contributed by atoms with Gasteiger partial charge >= 0.3 is 5.69 Å². The number of aliphatic hydroxyl groups is 1. The predicted octanol–water partition coefficient (Wildman–Crippen LogP) is 2.99. The molecule has 2 N–H and O–H groups in total. The number of hydrogen-bond acceptors (Lipinski definition) is 7. The summed E-state index contributed by atoms with van der Waals surface area (Å²) in [6.45, 7) is 2.53. The maximum atomic E-state index is 14.0. The first-order chi connectivity index (χ1) is 18.9. The first-order valence-electron chi connectivity index (χ1n) is 13.0. The minimum Gasteiger partial charge on any atom is -0.497 e. The Morgan fingerprint density at radius 3 is 1.90 bits per heavy atom. The molecule has 204 valence electrons. The normalized spacial score (nSPS) is 14.2. The molecule has 0 atom stereocenters. The van der Waals surface area contributed by atoms with Gasteiger partial charge in [0.2, 0.25) is 5.95 Å². The number of ether oxygens (including phenoxy) is 2. The van der Waals surface area contributed by atoms with Crippen LogP contribution in [-0.2, 0) is 19.6 Å². The summed E-state index contributed by atoms with van der Waals surface area (Å²) in [6, 6.07) is 14.9. The van der Waals surface area contributed by atoms with Crippen LogP contribution < -0.4 is 26.0 Å². The van der Waals surface area contributed by atoms with Gasteiger partial charge in [-0.25, -0.2) is 4.79 Å². The smallest absolute Gasteiger partial charge is 0.333 e. The van der Waals surface area contributed by atoms with E-state index in [1.165, 1.54) is 9.13 Å². The van der Waals surface area contributed by atoms with Gasteiger partial charge in [-0.15, -0.1) is 0 Å². The summed E-state index contributed by atoms with van der Waals surface area (Å²) in [5.41, 5.74) is 0.885. The van der Waals surface area contributed by atoms with Gasteiger partial charge < -0.3 is 19.9 Å². The third-order valence-corrected chi connectivity index (χ3v) is 7.29. The number of nitrogens with one attached hydrogen (secondary N) is 1. The van der Waals surface area contributed by atoms with Gasteiger partial charge in [-0.2, -0.15) is 4.98 Å². The molecule has 0 saturated heterocycles. The third-order valence-electron chi connectivity index (χ3n) is 7.29. The maximum Gasteiger partial charge on any atom is 0.333 e. The van der Waals surface area contributed by atoms with E-state index in [1.54, 1.807) is 26.4 Å². The second kappa shape index (κ2) is 10.8. The number of aliphatic hydroxyl groups excluding tert-OH is 1. The van der Waals surface area contributed by atoms with Crippen molar-refractivity contribution < 1.29 is 14.6 Å². The number of methoxy groups -OCH3 is 2. The molecule has 10 nitrogen and oxygen atoms in total. The van der Waals surface area contributed by atoms with Crippen molar-refractivity contribution in [3.63, 3.8) is 0 Å². The van der Waals surface area contributed by atoms with Gasteiger partial charge in [-0.3, -0.25) is 18.5 Å². The molecule has 1 aliphatic rings. The zero-order chi connectivity index (χ0) is 27.6. The third kappa shape index (κ3) is 4.95. The van der Waals surface area contributed by atoms with E-state index >= 15 is 0 Å². The summed E-state index contributed by atoms with van der Waals surface area (Å²) >= 11 is 0. The van der Waals surface area contributed by atoms with E-state index in [9.17, 15) is 14.7 Å². The van der Waals surface area contributed by atoms with Crippen LogP contribution in [0.1, 0.15) is 30.9 Å². The SMILES string of the molecule is CCn1c(=O)n(Cc2ccc(OC)cc2)c(=O)c2c1nc(NC1(CO)CC=CC1)n2Cc1ccc(OC)cc1. The number of imidazole rings is 1. The van der Waals surface area contributed by atoms with Crippen molar-refractivity contribution in [1.82, 2.24) is 18.7 Å². The molecule has 0 aliphatic heterocycles. The fourth-order valence-corrected chi connectivity index (χ4v) is 5.00. The van der Waals surface area contributed by atoms with Crippen LogP contribution in [0.3, 0.4) is 0 Å². The van der Waals surface area contributed by atoms with Gasteiger partial charge in [0.15, 0.2) is 11.2 Å². The van der Waals surface area contributed by atoms with E-state index in [0.29, 0.717) is 48.8 Å². The average Bonchev–Trinajstić information content (AvgIpc) is 3.57. The molecule has 0 fully saturated rings. The molecule has 0 bridgehead atoms. The average molecular weight is 532 g/mol. The van der Waals surface area contributed by atoms with E-state index < -0.39 is 16.8 Å². The van der Waals surface area contributed by atoms with Gasteiger partial charge in [0, 0.05) is 6.54 Å². The van der Waals surface area contributed by atoms with Crippen LogP contribution in [0.15, 0.2) is 70.3 Å². The van der Waals surface area contributed by atoms with Crippen LogP contribution in [0, 0.1) is 0 Å². The highest BCUT2D eigenvalue weighted by molar-refractivity contribution is 5.75. The fraction of sp³-hybridized carbons (Fsp3) is 0.345. The van der Waals surface area contributed by atoms with Gasteiger partial charge in [-0.1, -0.05) is 36.4 Å². The van der Waals surface area contributed by atoms with Crippen LogP contribution in [0.5, 0.6) is 11.5 Å². The molecule has 0 spiro atoms. The Morgan fingerprint density at radius 1 is 0.872 bits per heavy atom. The Balaban J connectivity index is 1.69. The van der Waals surface area contributed by atoms with Crippen LogP contribution in [-0.4, -0.2) is 50.2 Å². The van der Waals surface area contributed by atoms with E-state index in [1.807, 2.05) is 60.0 Å². The molecule has 5 rings (SSSR count). The highest BCUT2D eigenvalue weighted by atomic mass is 16.5. The lowest BCUT2D eigenvalue weighted by molar-refractivity contribution is 0.217. The van der Waals surface area contributed by atoms with E-state index in [2.05, 4.69) is 5.32 Å². The van der Waals surface area contributed by atoms with E-state index in [-0.39, 0.29) is 13.2 Å². The molecule has 2 heterocycles. The monoisotopic (exact) mass is 531 g/mol. The topological polar surface area (TPSA) is 113 Å². The number of hydrogen-bond donors (Lipinski definition) is 2. The quantitative estimate of drug-likeness (QED) is 0.303. The highest BCUT2D eigenvalue weighted by Crippen LogP contribution is 2.29. The molecule has 0 amide bonds. The minimum atomic E-state index is -0.626. The van der Waals surface area contributed by atoms with Gasteiger partial charge in [-0.05, 0) is 55.2 Å². The first kappa shape index (κ1) is 26.3. The Labute approximate surface area is 225 Å². The van der Waals surface area contributed by atoms with Crippen molar-refractivity contribution in [3.8, 4) is 11.5 Å². The molecule has 39 heavy (non-hydrogen) atoms. The van der Waals surface area contributed by atoms with Crippen molar-refractivity contribution in [1.29, 1.82) is 0 Å². The molecule has 2 aromatic carbocycles. The number of rotatable bonds is 10. The lowest BCUT2D eigenvalue weighted by atomic mass is 9.98. The number of fused-ring (bicyclic) bond motifs is 1. The number of anilines is 1. The van der Waals surface area contributed by atoms with E-state index in [0.717, 1.165) is 16.9 Å². The summed E-state index contributed by atoms with van der Waals surface area (Å²) in [7, 11) is 3.20. The summed E-state index contributed by atoms with van der Waals surface area (Å²) in [4.78, 5) is 32.3. The summed E-state index contributed by atoms with van der Waals surface area (Å²) in [6.07, 6.45) is 5.28. The first-order valence-corrected chi connectivity index (χ1v) is 13.0. The Hall–Kier alpha value is -4.31. The fourth-order valence-electron chi connectivity index (χ4n) is 5.00. The van der Waals surface area contributed by atoms with Crippen molar-refractivity contribution in [3.05, 3.63) is 92.6 Å². The standard InChI is InChI=1S/C29H33N5O5/c1-4-32-25-24(26(36)34(28(32)37)18-21-9-13-23(39-3)14-10-21)33(17-20-7-11-22(38-2)12-8-20)27(30-25)31-29(19-35)15-5-6-16-29/h5-14,35H,4,15-19H2,1-3H3,(H,30,31). The van der Waals surface area contributed by atoms with Crippen molar-refractivity contribution in [2.24, 2.45) is 0 Å². The van der Waals surface area contributed by atoms with Crippen LogP contribution in [0.2, 0.25) is 0 Å². The van der Waals surface area contributed by atoms with Crippen LogP contribution in [0.4, 0.5) is 5.95 Å². The van der Waals surface area contributed by atoms with Gasteiger partial charge in [0.1, 0.15) is 11.5 Å². The minimum absolute atomic E-state index is 0.103. The number of benzene rings is 2. The highest BCUT2D eigenvalue weighted by Gasteiger charge is 2.33. The molecule has 10 heteroatoms. The summed E-state index contributed by atoms with van der Waals surface area (Å²) in [5, 5.41) is 13.7. The molecule has 0 radical (unpaired) electrons. The number of aromatic nitrogens is 4. The Morgan fingerprint density at radius 2 is 1.41 bits per heavy atom. The lowest BCUT2D eigenvalue weighted by Crippen LogP contribution is -2.41. The molecule has 0 saturated carbocycles. The van der Waals surface area contributed by atoms with Gasteiger partial charge in [0.05, 0.1) is 39.5 Å². The van der Waals surface area contributed by atoms with E-state index in [4.69, 9.17) is 14.5 Å². The van der Waals surface area contributed by atoms with Crippen molar-refractivity contribution >= 4 is 17.1 Å². The Kier molecular flexibility index (Phi) is 7.30. The maximum absolute atomic E-state index is 14.0. The summed E-state index contributed by atoms with van der Waals surface area (Å²) < 4.78 is 15.1. The van der Waals surface area contributed by atoms with Gasteiger partial charge in [0.25, 0.3) is 5.56 Å². The molecule has 2 aromatic heterocycles. The second-order valence-electron chi connectivity index (χ2n) is 9.75. The zero-order valence-corrected chi connectivity index (χ0v) is 22.4. The predicted molar refractivity (Wildman–Crippen MR) is 150 cm³/mol. The van der Waals surface area contributed by atoms with Crippen molar-refractivity contribution in [2.45, 2.75) is 44.9 Å². The summed E-state index contributed by atoms with van der Waals surface area (Å²) in [5.74, 6) is 1.85. The van der Waals surface area contributed by atoms with Crippen LogP contribution in [0.25, 0.3) is 11.2 Å². The van der Waals surface area contributed by atoms with Crippen LogP contribution >= 0.6 is 0 Å². The number of nitrogens with zero attached hydrogens (tertiary/aromatic N) is 4. The molecular formula is C29H33N5O5. The molecule has 1 aliphatic carbocycles. The zero-order valence-electron chi connectivity index (χ0n) is 22.4. The molecule has 0 unspecified atom stereocenters. The van der Waals surface area contributed by atoms with Crippen molar-refractivity contribution in [2.75, 3.05) is 26.1 Å². The second-order valence-corrected chi connectivity index (χ2v) is 9.75.